The zero-order chi connectivity index (χ0) is 12.6. The second-order valence-corrected chi connectivity index (χ2v) is 4.24. The number of carboxylic acids is 1. The van der Waals surface area contributed by atoms with Crippen LogP contribution in [0.4, 0.5) is 0 Å². The number of aryl methyl sites for hydroxylation is 2. The molecule has 0 aliphatic heterocycles. The molecule has 0 aliphatic carbocycles. The summed E-state index contributed by atoms with van der Waals surface area (Å²) in [7, 11) is 0. The van der Waals surface area contributed by atoms with Crippen LogP contribution in [0.2, 0.25) is 0 Å². The molecule has 1 atom stereocenters. The lowest BCUT2D eigenvalue weighted by molar-refractivity contribution is -0.138. The van der Waals surface area contributed by atoms with Gasteiger partial charge < -0.3 is 5.11 Å². The van der Waals surface area contributed by atoms with Crippen LogP contribution in [0, 0.1) is 6.92 Å². The lowest BCUT2D eigenvalue weighted by Gasteiger charge is -2.06. The van der Waals surface area contributed by atoms with Gasteiger partial charge in [0.25, 0.3) is 0 Å². The van der Waals surface area contributed by atoms with E-state index in [4.69, 9.17) is 5.11 Å². The van der Waals surface area contributed by atoms with E-state index in [1.165, 1.54) is 0 Å². The van der Waals surface area contributed by atoms with Gasteiger partial charge in [-0.25, -0.2) is 0 Å². The predicted octanol–water partition coefficient (Wildman–Crippen LogP) is 2.55. The van der Waals surface area contributed by atoms with Gasteiger partial charge >= 0.3 is 5.97 Å². The molecule has 0 saturated carbocycles. The van der Waals surface area contributed by atoms with Crippen molar-refractivity contribution < 1.29 is 9.90 Å². The fraction of sp³-hybridized carbons (Fsp3) is 0.385. The van der Waals surface area contributed by atoms with E-state index >= 15 is 0 Å². The molecule has 0 saturated heterocycles. The van der Waals surface area contributed by atoms with Crippen molar-refractivity contribution in [3.8, 4) is 0 Å². The topological polar surface area (TPSA) is 55.1 Å². The number of aliphatic carboxylic acids is 1. The second-order valence-electron chi connectivity index (χ2n) is 4.24. The summed E-state index contributed by atoms with van der Waals surface area (Å²) in [6.45, 7) is 6.57. The van der Waals surface area contributed by atoms with E-state index in [-0.39, 0.29) is 0 Å². The van der Waals surface area contributed by atoms with Crippen molar-refractivity contribution in [2.24, 2.45) is 0 Å². The SMILES string of the molecule is CCn1nc2ccc(C(C)C(=O)O)cc2c1C. The first-order valence-electron chi connectivity index (χ1n) is 5.74. The van der Waals surface area contributed by atoms with E-state index in [9.17, 15) is 4.79 Å². The molecule has 2 aromatic rings. The van der Waals surface area contributed by atoms with Crippen LogP contribution in [-0.2, 0) is 11.3 Å². The molecular weight excluding hydrogens is 216 g/mol. The molecule has 17 heavy (non-hydrogen) atoms. The Balaban J connectivity index is 2.57. The van der Waals surface area contributed by atoms with Gasteiger partial charge in [0.05, 0.1) is 11.4 Å². The molecule has 4 nitrogen and oxygen atoms in total. The van der Waals surface area contributed by atoms with Crippen LogP contribution < -0.4 is 0 Å². The Morgan fingerprint density at radius 1 is 1.53 bits per heavy atom. The third-order valence-corrected chi connectivity index (χ3v) is 3.20. The third kappa shape index (κ3) is 1.90. The molecule has 0 bridgehead atoms. The smallest absolute Gasteiger partial charge is 0.310 e. The van der Waals surface area contributed by atoms with Crippen molar-refractivity contribution in [1.82, 2.24) is 9.78 Å². The lowest BCUT2D eigenvalue weighted by atomic mass is 9.99. The first-order valence-corrected chi connectivity index (χ1v) is 5.74. The van der Waals surface area contributed by atoms with Crippen LogP contribution in [-0.4, -0.2) is 20.9 Å². The monoisotopic (exact) mass is 232 g/mol. The highest BCUT2D eigenvalue weighted by Crippen LogP contribution is 2.23. The molecule has 1 N–H and O–H groups in total. The fourth-order valence-electron chi connectivity index (χ4n) is 1.99. The molecular formula is C13H16N2O2. The molecule has 90 valence electrons. The number of hydrogen-bond acceptors (Lipinski definition) is 2. The molecule has 1 heterocycles. The minimum atomic E-state index is -0.801. The average Bonchev–Trinajstić information content (AvgIpc) is 2.64. The van der Waals surface area contributed by atoms with E-state index in [2.05, 4.69) is 5.10 Å². The van der Waals surface area contributed by atoms with E-state index < -0.39 is 11.9 Å². The molecule has 0 spiro atoms. The lowest BCUT2D eigenvalue weighted by Crippen LogP contribution is -2.06. The minimum absolute atomic E-state index is 0.483. The van der Waals surface area contributed by atoms with E-state index in [1.54, 1.807) is 6.92 Å². The minimum Gasteiger partial charge on any atom is -0.481 e. The zero-order valence-corrected chi connectivity index (χ0v) is 10.3. The maximum Gasteiger partial charge on any atom is 0.310 e. The highest BCUT2D eigenvalue weighted by atomic mass is 16.4. The number of carboxylic acid groups (broad SMARTS) is 1. The Hall–Kier alpha value is -1.84. The van der Waals surface area contributed by atoms with Crippen LogP contribution in [0.3, 0.4) is 0 Å². The Labute approximate surface area is 99.9 Å². The van der Waals surface area contributed by atoms with E-state index in [0.717, 1.165) is 28.7 Å². The summed E-state index contributed by atoms with van der Waals surface area (Å²) in [6.07, 6.45) is 0. The van der Waals surface area contributed by atoms with Crippen LogP contribution in [0.5, 0.6) is 0 Å². The normalized spacial score (nSPS) is 12.9. The van der Waals surface area contributed by atoms with Crippen molar-refractivity contribution in [3.05, 3.63) is 29.5 Å². The van der Waals surface area contributed by atoms with Gasteiger partial charge in [-0.15, -0.1) is 0 Å². The van der Waals surface area contributed by atoms with Crippen LogP contribution in [0.25, 0.3) is 10.9 Å². The summed E-state index contributed by atoms with van der Waals surface area (Å²) < 4.78 is 1.93. The number of benzene rings is 1. The predicted molar refractivity (Wildman–Crippen MR) is 66.2 cm³/mol. The van der Waals surface area contributed by atoms with E-state index in [1.807, 2.05) is 36.7 Å². The summed E-state index contributed by atoms with van der Waals surface area (Å²) >= 11 is 0. The largest absolute Gasteiger partial charge is 0.481 e. The molecule has 1 unspecified atom stereocenters. The van der Waals surface area contributed by atoms with Gasteiger partial charge in [0.1, 0.15) is 0 Å². The summed E-state index contributed by atoms with van der Waals surface area (Å²) in [6, 6.07) is 5.67. The molecule has 0 radical (unpaired) electrons. The van der Waals surface area contributed by atoms with Gasteiger partial charge in [-0.2, -0.15) is 5.10 Å². The van der Waals surface area contributed by atoms with Crippen molar-refractivity contribution in [1.29, 1.82) is 0 Å². The number of aromatic nitrogens is 2. The Bertz CT molecular complexity index is 572. The highest BCUT2D eigenvalue weighted by molar-refractivity contribution is 5.84. The van der Waals surface area contributed by atoms with Crippen LogP contribution in [0.1, 0.15) is 31.0 Å². The third-order valence-electron chi connectivity index (χ3n) is 3.20. The van der Waals surface area contributed by atoms with Crippen molar-refractivity contribution in [2.75, 3.05) is 0 Å². The number of carbonyl (C=O) groups is 1. The molecule has 1 aromatic carbocycles. The fourth-order valence-corrected chi connectivity index (χ4v) is 1.99. The summed E-state index contributed by atoms with van der Waals surface area (Å²) in [4.78, 5) is 11.0. The van der Waals surface area contributed by atoms with Crippen LogP contribution >= 0.6 is 0 Å². The van der Waals surface area contributed by atoms with Crippen molar-refractivity contribution in [3.63, 3.8) is 0 Å². The van der Waals surface area contributed by atoms with Crippen molar-refractivity contribution >= 4 is 16.9 Å². The Kier molecular flexibility index (Phi) is 2.88. The highest BCUT2D eigenvalue weighted by Gasteiger charge is 2.15. The summed E-state index contributed by atoms with van der Waals surface area (Å²) in [5.41, 5.74) is 2.83. The van der Waals surface area contributed by atoms with Gasteiger partial charge in [0.15, 0.2) is 0 Å². The summed E-state index contributed by atoms with van der Waals surface area (Å²) in [5.74, 6) is -1.28. The van der Waals surface area contributed by atoms with Gasteiger partial charge in [0.2, 0.25) is 0 Å². The standard InChI is InChI=1S/C13H16N2O2/c1-4-15-9(3)11-7-10(8(2)13(16)17)5-6-12(11)14-15/h5-8H,4H2,1-3H3,(H,16,17). The maximum atomic E-state index is 11.0. The quantitative estimate of drug-likeness (QED) is 0.884. The molecule has 4 heteroatoms. The summed E-state index contributed by atoms with van der Waals surface area (Å²) in [5, 5.41) is 14.5. The average molecular weight is 232 g/mol. The van der Waals surface area contributed by atoms with Crippen LogP contribution in [0.15, 0.2) is 18.2 Å². The zero-order valence-electron chi connectivity index (χ0n) is 10.3. The number of hydrogen-bond donors (Lipinski definition) is 1. The van der Waals surface area contributed by atoms with Gasteiger partial charge in [0, 0.05) is 17.6 Å². The first kappa shape index (κ1) is 11.6. The van der Waals surface area contributed by atoms with Gasteiger partial charge in [-0.05, 0) is 38.5 Å². The second kappa shape index (κ2) is 4.20. The van der Waals surface area contributed by atoms with Gasteiger partial charge in [-0.3, -0.25) is 9.48 Å². The number of nitrogens with zero attached hydrogens (tertiary/aromatic N) is 2. The number of fused-ring (bicyclic) bond motifs is 1. The Morgan fingerprint density at radius 3 is 2.82 bits per heavy atom. The first-order chi connectivity index (χ1) is 8.04. The Morgan fingerprint density at radius 2 is 2.24 bits per heavy atom. The van der Waals surface area contributed by atoms with Gasteiger partial charge in [-0.1, -0.05) is 6.07 Å². The number of rotatable bonds is 3. The maximum absolute atomic E-state index is 11.0. The molecule has 2 rings (SSSR count). The van der Waals surface area contributed by atoms with E-state index in [0.29, 0.717) is 0 Å². The molecule has 0 aliphatic rings. The molecule has 1 aromatic heterocycles. The molecule has 0 amide bonds. The van der Waals surface area contributed by atoms with Crippen molar-refractivity contribution in [2.45, 2.75) is 33.2 Å². The molecule has 0 fully saturated rings.